The van der Waals surface area contributed by atoms with Crippen LogP contribution in [0.1, 0.15) is 25.8 Å². The zero-order chi connectivity index (χ0) is 22.4. The Morgan fingerprint density at radius 2 is 1.79 bits per heavy atom. The lowest BCUT2D eigenvalue weighted by molar-refractivity contribution is -0.384. The number of nitro benzene ring substituents is 1. The number of hydrogen-bond donors (Lipinski definition) is 4. The summed E-state index contributed by atoms with van der Waals surface area (Å²) in [4.78, 5) is 42.5. The summed E-state index contributed by atoms with van der Waals surface area (Å²) in [5.41, 5.74) is 0.0646. The second-order valence-corrected chi connectivity index (χ2v) is 10.8. The van der Waals surface area contributed by atoms with E-state index in [1.54, 1.807) is 0 Å². The molecule has 0 bridgehead atoms. The lowest BCUT2D eigenvalue weighted by atomic mass is 10.2. The molecule has 0 saturated heterocycles. The van der Waals surface area contributed by atoms with Crippen LogP contribution in [-0.2, 0) is 29.9 Å². The molecule has 3 atom stereocenters. The number of carbonyl (C=O) groups is 2. The van der Waals surface area contributed by atoms with Crippen LogP contribution in [0.5, 0.6) is 0 Å². The Balaban J connectivity index is 2.69. The van der Waals surface area contributed by atoms with E-state index in [1.807, 2.05) is 0 Å². The molecule has 0 aliphatic rings. The molecule has 1 rings (SSSR count). The van der Waals surface area contributed by atoms with Gasteiger partial charge in [0, 0.05) is 18.3 Å². The van der Waals surface area contributed by atoms with Crippen molar-refractivity contribution in [2.75, 3.05) is 6.16 Å². The topological polar surface area (TPSA) is 193 Å². The van der Waals surface area contributed by atoms with Crippen molar-refractivity contribution < 1.29 is 37.5 Å². The van der Waals surface area contributed by atoms with Crippen molar-refractivity contribution in [2.24, 2.45) is 0 Å². The third-order valence-electron chi connectivity index (χ3n) is 3.86. The van der Waals surface area contributed by atoms with Gasteiger partial charge in [0.25, 0.3) is 5.69 Å². The Bertz CT molecular complexity index is 917. The highest BCUT2D eigenvalue weighted by atomic mass is 32.2. The number of hydrogen-bond acceptors (Lipinski definition) is 7. The van der Waals surface area contributed by atoms with Crippen LogP contribution < -0.4 is 10.0 Å². The number of nitro groups is 1. The summed E-state index contributed by atoms with van der Waals surface area (Å²) >= 11 is 0. The Morgan fingerprint density at radius 1 is 1.24 bits per heavy atom. The number of carboxylic acids is 1. The molecule has 0 aliphatic carbocycles. The summed E-state index contributed by atoms with van der Waals surface area (Å²) in [6.45, 7) is 2.45. The number of nitrogens with zero attached hydrogens (tertiary/aromatic N) is 1. The molecule has 0 heterocycles. The van der Waals surface area contributed by atoms with Gasteiger partial charge in [0.15, 0.2) is 0 Å². The number of aliphatic carboxylic acids is 1. The van der Waals surface area contributed by atoms with Gasteiger partial charge in [-0.05, 0) is 19.4 Å². The number of carbonyl (C=O) groups excluding carboxylic acids is 1. The van der Waals surface area contributed by atoms with Crippen LogP contribution in [0.4, 0.5) is 5.69 Å². The molecule has 162 valence electrons. The van der Waals surface area contributed by atoms with E-state index in [4.69, 9.17) is 5.11 Å². The highest BCUT2D eigenvalue weighted by molar-refractivity contribution is 7.88. The van der Waals surface area contributed by atoms with Crippen LogP contribution in [0.15, 0.2) is 24.3 Å². The van der Waals surface area contributed by atoms with Crippen molar-refractivity contribution in [3.8, 4) is 0 Å². The van der Waals surface area contributed by atoms with Gasteiger partial charge in [0.05, 0.1) is 23.1 Å². The second kappa shape index (κ2) is 9.92. The quantitative estimate of drug-likeness (QED) is 0.212. The summed E-state index contributed by atoms with van der Waals surface area (Å²) in [5.74, 6) is -3.93. The molecule has 0 radical (unpaired) electrons. The van der Waals surface area contributed by atoms with E-state index in [-0.39, 0.29) is 11.3 Å². The van der Waals surface area contributed by atoms with Crippen LogP contribution in [-0.4, -0.2) is 53.2 Å². The van der Waals surface area contributed by atoms with Crippen LogP contribution in [0.3, 0.4) is 0 Å². The predicted octanol–water partition coefficient (Wildman–Crippen LogP) is 0.610. The zero-order valence-electron chi connectivity index (χ0n) is 15.6. The highest BCUT2D eigenvalue weighted by Crippen LogP contribution is 2.45. The van der Waals surface area contributed by atoms with E-state index in [9.17, 15) is 37.6 Å². The number of benzene rings is 1. The molecule has 2 unspecified atom stereocenters. The summed E-state index contributed by atoms with van der Waals surface area (Å²) in [6.07, 6.45) is -1.09. The molecule has 1 amide bonds. The zero-order valence-corrected chi connectivity index (χ0v) is 17.4. The molecular formula is C15H22N3O9PS. The fraction of sp³-hybridized carbons (Fsp3) is 0.467. The van der Waals surface area contributed by atoms with Gasteiger partial charge in [-0.2, -0.15) is 0 Å². The highest BCUT2D eigenvalue weighted by Gasteiger charge is 2.31. The lowest BCUT2D eigenvalue weighted by Crippen LogP contribution is -2.47. The molecule has 29 heavy (non-hydrogen) atoms. The van der Waals surface area contributed by atoms with Crippen molar-refractivity contribution in [1.29, 1.82) is 0 Å². The van der Waals surface area contributed by atoms with Crippen LogP contribution in [0.2, 0.25) is 0 Å². The summed E-state index contributed by atoms with van der Waals surface area (Å²) in [5, 5.41) is 21.4. The first-order valence-corrected chi connectivity index (χ1v) is 11.9. The first-order valence-electron chi connectivity index (χ1n) is 8.30. The largest absolute Gasteiger partial charge is 0.481 e. The van der Waals surface area contributed by atoms with Crippen molar-refractivity contribution in [3.63, 3.8) is 0 Å². The van der Waals surface area contributed by atoms with E-state index in [1.165, 1.54) is 26.0 Å². The molecule has 0 aliphatic heterocycles. The van der Waals surface area contributed by atoms with Gasteiger partial charge in [-0.1, -0.05) is 12.1 Å². The predicted molar refractivity (Wildman–Crippen MR) is 103 cm³/mol. The Hall–Kier alpha value is -2.34. The molecule has 0 saturated carbocycles. The van der Waals surface area contributed by atoms with E-state index in [0.717, 1.165) is 12.1 Å². The first kappa shape index (κ1) is 24.7. The molecule has 4 N–H and O–H groups in total. The molecule has 12 nitrogen and oxygen atoms in total. The summed E-state index contributed by atoms with van der Waals surface area (Å²) in [7, 11) is -7.99. The van der Waals surface area contributed by atoms with E-state index < -0.39 is 64.4 Å². The standard InChI is InChI=1S/C15H22N3O9PS/c1-10(15(21)16-11(2)28(24,25)8-7-14(19)20)17-29(26,27)9-12-3-5-13(6-4-12)18(22)23/h3-6,10-11,17H,7-9H2,1-2H3,(H,16,21)(H,19,20)(H,24,25)/t10-,11?/m0/s1. The fourth-order valence-electron chi connectivity index (χ4n) is 2.18. The van der Waals surface area contributed by atoms with E-state index in [2.05, 4.69) is 10.0 Å². The molecule has 0 spiro atoms. The van der Waals surface area contributed by atoms with Crippen molar-refractivity contribution >= 4 is 35.0 Å². The maximum atomic E-state index is 12.2. The Kier molecular flexibility index (Phi) is 8.45. The normalized spacial score (nSPS) is 15.7. The van der Waals surface area contributed by atoms with Gasteiger partial charge < -0.3 is 15.3 Å². The molecule has 1 aromatic rings. The monoisotopic (exact) mass is 451 g/mol. The number of sulfonamides is 1. The van der Waals surface area contributed by atoms with E-state index >= 15 is 0 Å². The fourth-order valence-corrected chi connectivity index (χ4v) is 4.77. The number of nitrogens with one attached hydrogen (secondary N) is 2. The van der Waals surface area contributed by atoms with Gasteiger partial charge in [-0.25, -0.2) is 13.1 Å². The van der Waals surface area contributed by atoms with Crippen LogP contribution >= 0.6 is 7.37 Å². The van der Waals surface area contributed by atoms with Gasteiger partial charge in [0.2, 0.25) is 23.3 Å². The third kappa shape index (κ3) is 8.28. The lowest BCUT2D eigenvalue weighted by Gasteiger charge is -2.22. The van der Waals surface area contributed by atoms with Gasteiger partial charge in [-0.3, -0.25) is 24.3 Å². The van der Waals surface area contributed by atoms with Crippen molar-refractivity contribution in [2.45, 2.75) is 37.8 Å². The number of carboxylic acid groups (broad SMARTS) is 1. The van der Waals surface area contributed by atoms with Crippen molar-refractivity contribution in [1.82, 2.24) is 10.0 Å². The number of non-ortho nitro benzene ring substituents is 1. The third-order valence-corrected chi connectivity index (χ3v) is 7.49. The maximum absolute atomic E-state index is 12.2. The van der Waals surface area contributed by atoms with Gasteiger partial charge in [-0.15, -0.1) is 0 Å². The minimum absolute atomic E-state index is 0.197. The molecule has 1 aromatic carbocycles. The average Bonchev–Trinajstić information content (AvgIpc) is 2.59. The summed E-state index contributed by atoms with van der Waals surface area (Å²) < 4.78 is 38.6. The minimum atomic E-state index is -3.99. The molecule has 0 aromatic heterocycles. The SMILES string of the molecule is CC(NC(=O)[C@H](C)NS(=O)(=O)Cc1ccc([N+](=O)[O-])cc1)P(=O)(O)CCC(=O)O. The van der Waals surface area contributed by atoms with Crippen molar-refractivity contribution in [3.05, 3.63) is 39.9 Å². The number of amides is 1. The molecule has 0 fully saturated rings. The second-order valence-electron chi connectivity index (χ2n) is 6.33. The Morgan fingerprint density at radius 3 is 2.28 bits per heavy atom. The van der Waals surface area contributed by atoms with Crippen LogP contribution in [0.25, 0.3) is 0 Å². The molecular weight excluding hydrogens is 429 g/mol. The summed E-state index contributed by atoms with van der Waals surface area (Å²) in [6, 6.07) is 3.57. The minimum Gasteiger partial charge on any atom is -0.481 e. The van der Waals surface area contributed by atoms with Gasteiger partial charge in [0.1, 0.15) is 5.78 Å². The first-order chi connectivity index (χ1) is 13.2. The smallest absolute Gasteiger partial charge is 0.303 e. The Labute approximate surface area is 167 Å². The maximum Gasteiger partial charge on any atom is 0.303 e. The van der Waals surface area contributed by atoms with Gasteiger partial charge >= 0.3 is 5.97 Å². The number of rotatable bonds is 11. The molecule has 14 heteroatoms. The van der Waals surface area contributed by atoms with Crippen LogP contribution in [0, 0.1) is 10.1 Å². The van der Waals surface area contributed by atoms with E-state index in [0.29, 0.717) is 0 Å². The average molecular weight is 451 g/mol.